The summed E-state index contributed by atoms with van der Waals surface area (Å²) in [7, 11) is 0. The van der Waals surface area contributed by atoms with Gasteiger partial charge in [0, 0.05) is 18.0 Å². The molecule has 0 atom stereocenters. The first-order chi connectivity index (χ1) is 14.2. The number of thiophene rings is 1. The van der Waals surface area contributed by atoms with Crippen LogP contribution in [0.5, 0.6) is 5.75 Å². The van der Waals surface area contributed by atoms with E-state index in [9.17, 15) is 9.59 Å². The zero-order valence-corrected chi connectivity index (χ0v) is 16.7. The molecule has 2 aromatic carbocycles. The molecule has 0 radical (unpaired) electrons. The van der Waals surface area contributed by atoms with E-state index in [0.717, 1.165) is 29.7 Å². The smallest absolute Gasteiger partial charge is 0.261 e. The first kappa shape index (κ1) is 19.2. The quantitative estimate of drug-likeness (QED) is 0.574. The van der Waals surface area contributed by atoms with Gasteiger partial charge in [0.25, 0.3) is 5.91 Å². The molecule has 1 aromatic heterocycles. The van der Waals surface area contributed by atoms with Crippen molar-refractivity contribution >= 4 is 28.2 Å². The molecule has 148 valence electrons. The molecule has 2 amide bonds. The summed E-state index contributed by atoms with van der Waals surface area (Å²) in [6, 6.07) is 21.2. The molecule has 1 saturated carbocycles. The molecule has 1 fully saturated rings. The zero-order valence-electron chi connectivity index (χ0n) is 15.9. The van der Waals surface area contributed by atoms with Gasteiger partial charge in [0.2, 0.25) is 5.91 Å². The minimum atomic E-state index is -0.167. The van der Waals surface area contributed by atoms with Crippen molar-refractivity contribution in [3.63, 3.8) is 0 Å². The molecule has 0 saturated heterocycles. The number of anilines is 1. The van der Waals surface area contributed by atoms with E-state index in [-0.39, 0.29) is 17.7 Å². The van der Waals surface area contributed by atoms with Crippen LogP contribution in [0.4, 0.5) is 5.00 Å². The van der Waals surface area contributed by atoms with Gasteiger partial charge >= 0.3 is 0 Å². The largest absolute Gasteiger partial charge is 0.489 e. The van der Waals surface area contributed by atoms with E-state index >= 15 is 0 Å². The van der Waals surface area contributed by atoms with Crippen molar-refractivity contribution in [2.45, 2.75) is 26.0 Å². The molecule has 1 aliphatic carbocycles. The SMILES string of the molecule is O=C(NCc1ccccc1OCc1ccccc1)c1ccc(NC(=O)C2CC2)s1. The predicted molar refractivity (Wildman–Crippen MR) is 114 cm³/mol. The van der Waals surface area contributed by atoms with E-state index in [1.807, 2.05) is 54.6 Å². The maximum absolute atomic E-state index is 12.5. The number of carbonyl (C=O) groups excluding carboxylic acids is 2. The maximum atomic E-state index is 12.5. The predicted octanol–water partition coefficient (Wildman–Crippen LogP) is 4.61. The van der Waals surface area contributed by atoms with Gasteiger partial charge in [0.1, 0.15) is 12.4 Å². The number of nitrogens with one attached hydrogen (secondary N) is 2. The number of hydrogen-bond donors (Lipinski definition) is 2. The summed E-state index contributed by atoms with van der Waals surface area (Å²) in [4.78, 5) is 24.9. The molecule has 5 nitrogen and oxygen atoms in total. The first-order valence-corrected chi connectivity index (χ1v) is 10.4. The van der Waals surface area contributed by atoms with Crippen LogP contribution in [0.25, 0.3) is 0 Å². The Hall–Kier alpha value is -3.12. The Labute approximate surface area is 173 Å². The van der Waals surface area contributed by atoms with Gasteiger partial charge in [-0.15, -0.1) is 11.3 Å². The minimum absolute atomic E-state index is 0.0447. The Morgan fingerprint density at radius 3 is 2.52 bits per heavy atom. The molecule has 1 aliphatic rings. The van der Waals surface area contributed by atoms with E-state index in [4.69, 9.17) is 4.74 Å². The van der Waals surface area contributed by atoms with Crippen molar-refractivity contribution in [3.05, 3.63) is 82.7 Å². The molecule has 6 heteroatoms. The topological polar surface area (TPSA) is 67.4 Å². The van der Waals surface area contributed by atoms with Crippen LogP contribution in [0, 0.1) is 5.92 Å². The van der Waals surface area contributed by atoms with E-state index in [2.05, 4.69) is 10.6 Å². The lowest BCUT2D eigenvalue weighted by Crippen LogP contribution is -2.22. The average Bonchev–Trinajstić information content (AvgIpc) is 3.51. The number of ether oxygens (including phenoxy) is 1. The number of carbonyl (C=O) groups is 2. The highest BCUT2D eigenvalue weighted by Gasteiger charge is 2.29. The van der Waals surface area contributed by atoms with Crippen LogP contribution < -0.4 is 15.4 Å². The minimum Gasteiger partial charge on any atom is -0.489 e. The number of amides is 2. The summed E-state index contributed by atoms with van der Waals surface area (Å²) >= 11 is 1.29. The summed E-state index contributed by atoms with van der Waals surface area (Å²) in [6.07, 6.45) is 1.91. The summed E-state index contributed by atoms with van der Waals surface area (Å²) in [5, 5.41) is 6.52. The molecular formula is C23H22N2O3S. The molecule has 2 N–H and O–H groups in total. The fourth-order valence-electron chi connectivity index (χ4n) is 2.88. The Morgan fingerprint density at radius 2 is 1.72 bits per heavy atom. The van der Waals surface area contributed by atoms with Crippen LogP contribution in [0.1, 0.15) is 33.6 Å². The zero-order chi connectivity index (χ0) is 20.1. The van der Waals surface area contributed by atoms with Crippen LogP contribution in [-0.2, 0) is 17.9 Å². The second-order valence-electron chi connectivity index (χ2n) is 6.99. The highest BCUT2D eigenvalue weighted by Crippen LogP contribution is 2.31. The van der Waals surface area contributed by atoms with Crippen LogP contribution in [0.3, 0.4) is 0 Å². The highest BCUT2D eigenvalue weighted by molar-refractivity contribution is 7.18. The van der Waals surface area contributed by atoms with Crippen LogP contribution >= 0.6 is 11.3 Å². The standard InChI is InChI=1S/C23H22N2O3S/c26-22(17-10-11-17)25-21-13-12-20(29-21)23(27)24-14-18-8-4-5-9-19(18)28-15-16-6-2-1-3-7-16/h1-9,12-13,17H,10-11,14-15H2,(H,24,27)(H,25,26). The Balaban J connectivity index is 1.33. The van der Waals surface area contributed by atoms with E-state index < -0.39 is 0 Å². The van der Waals surface area contributed by atoms with Crippen molar-refractivity contribution < 1.29 is 14.3 Å². The van der Waals surface area contributed by atoms with Gasteiger partial charge in [-0.25, -0.2) is 0 Å². The fraction of sp³-hybridized carbons (Fsp3) is 0.217. The van der Waals surface area contributed by atoms with Crippen molar-refractivity contribution in [1.29, 1.82) is 0 Å². The van der Waals surface area contributed by atoms with Crippen LogP contribution in [0.2, 0.25) is 0 Å². The van der Waals surface area contributed by atoms with Crippen molar-refractivity contribution in [1.82, 2.24) is 5.32 Å². The normalized spacial score (nSPS) is 13.0. The third-order valence-corrected chi connectivity index (χ3v) is 5.67. The molecule has 4 rings (SSSR count). The lowest BCUT2D eigenvalue weighted by molar-refractivity contribution is -0.117. The monoisotopic (exact) mass is 406 g/mol. The fourth-order valence-corrected chi connectivity index (χ4v) is 3.71. The van der Waals surface area contributed by atoms with Gasteiger partial charge in [-0.3, -0.25) is 9.59 Å². The summed E-state index contributed by atoms with van der Waals surface area (Å²) in [5.41, 5.74) is 2.00. The molecule has 0 spiro atoms. The number of rotatable bonds is 8. The van der Waals surface area contributed by atoms with E-state index in [0.29, 0.717) is 23.0 Å². The molecule has 3 aromatic rings. The lowest BCUT2D eigenvalue weighted by atomic mass is 10.2. The van der Waals surface area contributed by atoms with Crippen LogP contribution in [0.15, 0.2) is 66.7 Å². The summed E-state index contributed by atoms with van der Waals surface area (Å²) in [5.74, 6) is 0.769. The van der Waals surface area contributed by atoms with Crippen LogP contribution in [-0.4, -0.2) is 11.8 Å². The first-order valence-electron chi connectivity index (χ1n) is 9.62. The highest BCUT2D eigenvalue weighted by atomic mass is 32.1. The van der Waals surface area contributed by atoms with Gasteiger partial charge < -0.3 is 15.4 Å². The van der Waals surface area contributed by atoms with Crippen molar-refractivity contribution in [2.75, 3.05) is 5.32 Å². The molecule has 0 bridgehead atoms. The van der Waals surface area contributed by atoms with Crippen molar-refractivity contribution in [2.24, 2.45) is 5.92 Å². The molecule has 1 heterocycles. The van der Waals surface area contributed by atoms with Gasteiger partial charge in [0.15, 0.2) is 0 Å². The van der Waals surface area contributed by atoms with Gasteiger partial charge in [-0.1, -0.05) is 48.5 Å². The number of para-hydroxylation sites is 1. The van der Waals surface area contributed by atoms with Gasteiger partial charge in [-0.2, -0.15) is 0 Å². The van der Waals surface area contributed by atoms with Gasteiger partial charge in [0.05, 0.1) is 9.88 Å². The van der Waals surface area contributed by atoms with Crippen molar-refractivity contribution in [3.8, 4) is 5.75 Å². The summed E-state index contributed by atoms with van der Waals surface area (Å²) < 4.78 is 5.94. The third-order valence-electron chi connectivity index (χ3n) is 4.67. The third kappa shape index (κ3) is 5.23. The Kier molecular flexibility index (Phi) is 5.91. The number of hydrogen-bond acceptors (Lipinski definition) is 4. The average molecular weight is 407 g/mol. The second kappa shape index (κ2) is 8.92. The van der Waals surface area contributed by atoms with E-state index in [1.54, 1.807) is 12.1 Å². The number of benzene rings is 2. The second-order valence-corrected chi connectivity index (χ2v) is 8.08. The molecule has 0 unspecified atom stereocenters. The van der Waals surface area contributed by atoms with Gasteiger partial charge in [-0.05, 0) is 36.6 Å². The lowest BCUT2D eigenvalue weighted by Gasteiger charge is -2.12. The summed E-state index contributed by atoms with van der Waals surface area (Å²) in [6.45, 7) is 0.840. The molecule has 29 heavy (non-hydrogen) atoms. The molecular weight excluding hydrogens is 384 g/mol. The Morgan fingerprint density at radius 1 is 0.966 bits per heavy atom. The maximum Gasteiger partial charge on any atom is 0.261 e. The van der Waals surface area contributed by atoms with E-state index in [1.165, 1.54) is 11.3 Å². The Bertz CT molecular complexity index is 996. The molecule has 0 aliphatic heterocycles.